The van der Waals surface area contributed by atoms with Crippen molar-refractivity contribution in [2.24, 2.45) is 28.1 Å². The van der Waals surface area contributed by atoms with Crippen LogP contribution in [0, 0.1) is 28.1 Å². The number of carbonyl (C=O) groups excluding carboxylic acids is 3. The molecule has 24 heavy (non-hydrogen) atoms. The fourth-order valence-corrected chi connectivity index (χ4v) is 6.60. The zero-order valence-electron chi connectivity index (χ0n) is 14.3. The molecule has 3 saturated carbocycles. The monoisotopic (exact) mass is 330 g/mol. The summed E-state index contributed by atoms with van der Waals surface area (Å²) < 4.78 is 12.0. The second kappa shape index (κ2) is 3.85. The van der Waals surface area contributed by atoms with Crippen LogP contribution in [0.2, 0.25) is 0 Å². The Kier molecular flexibility index (Phi) is 2.37. The van der Waals surface area contributed by atoms with Gasteiger partial charge in [0.15, 0.2) is 11.4 Å². The molecular weight excluding hydrogens is 308 g/mol. The van der Waals surface area contributed by atoms with Gasteiger partial charge in [-0.15, -0.1) is 0 Å². The van der Waals surface area contributed by atoms with Gasteiger partial charge in [0.1, 0.15) is 17.8 Å². The van der Waals surface area contributed by atoms with Crippen LogP contribution in [0.25, 0.3) is 0 Å². The molecule has 0 radical (unpaired) electrons. The number of cyclic esters (lactones) is 1. The summed E-state index contributed by atoms with van der Waals surface area (Å²) in [4.78, 5) is 39.5. The number of hydrogen-bond acceptors (Lipinski definition) is 5. The van der Waals surface area contributed by atoms with E-state index in [-0.39, 0.29) is 30.0 Å². The van der Waals surface area contributed by atoms with Crippen molar-refractivity contribution in [3.63, 3.8) is 0 Å². The molecule has 2 saturated heterocycles. The van der Waals surface area contributed by atoms with E-state index in [1.54, 1.807) is 6.08 Å². The van der Waals surface area contributed by atoms with E-state index < -0.39 is 33.9 Å². The van der Waals surface area contributed by atoms with Gasteiger partial charge in [0.2, 0.25) is 0 Å². The highest BCUT2D eigenvalue weighted by Gasteiger charge is 2.88. The summed E-state index contributed by atoms with van der Waals surface area (Å²) in [6, 6.07) is 0. The highest BCUT2D eigenvalue weighted by Crippen LogP contribution is 2.75. The molecule has 6 rings (SSSR count). The predicted molar refractivity (Wildman–Crippen MR) is 82.9 cm³/mol. The first kappa shape index (κ1) is 14.8. The minimum Gasteiger partial charge on any atom is -0.462 e. The van der Waals surface area contributed by atoms with Gasteiger partial charge in [-0.2, -0.15) is 0 Å². The minimum atomic E-state index is -1.26. The van der Waals surface area contributed by atoms with E-state index >= 15 is 0 Å². The molecule has 0 aromatic rings. The molecule has 2 spiro atoms. The van der Waals surface area contributed by atoms with E-state index in [9.17, 15) is 14.4 Å². The van der Waals surface area contributed by atoms with Crippen molar-refractivity contribution in [1.29, 1.82) is 0 Å². The van der Waals surface area contributed by atoms with Crippen molar-refractivity contribution < 1.29 is 23.9 Å². The van der Waals surface area contributed by atoms with Gasteiger partial charge in [0, 0.05) is 11.3 Å². The predicted octanol–water partition coefficient (Wildman–Crippen LogP) is 1.84. The quantitative estimate of drug-likeness (QED) is 0.634. The normalized spacial score (nSPS) is 53.6. The summed E-state index contributed by atoms with van der Waals surface area (Å²) in [7, 11) is 0. The van der Waals surface area contributed by atoms with E-state index in [1.165, 1.54) is 0 Å². The zero-order valence-corrected chi connectivity index (χ0v) is 14.3. The molecule has 6 aliphatic rings. The SMILES string of the molecule is C[C@@H]1C(=O)C23CCC1C[C@@]21O[C@@H]2C(C)(C)C=CC(=O)C23COC1=O. The van der Waals surface area contributed by atoms with E-state index in [0.717, 1.165) is 6.42 Å². The highest BCUT2D eigenvalue weighted by molar-refractivity contribution is 6.09. The van der Waals surface area contributed by atoms with Crippen LogP contribution in [0.4, 0.5) is 0 Å². The van der Waals surface area contributed by atoms with Crippen LogP contribution in [-0.4, -0.2) is 35.8 Å². The lowest BCUT2D eigenvalue weighted by Gasteiger charge is -2.61. The van der Waals surface area contributed by atoms with E-state index in [4.69, 9.17) is 9.47 Å². The van der Waals surface area contributed by atoms with Crippen molar-refractivity contribution in [2.45, 2.75) is 51.7 Å². The number of Topliss-reactive ketones (excluding diaryl/α,β-unsaturated/α-hetero) is 1. The molecule has 0 amide bonds. The van der Waals surface area contributed by atoms with Crippen molar-refractivity contribution in [1.82, 2.24) is 0 Å². The van der Waals surface area contributed by atoms with Gasteiger partial charge in [-0.1, -0.05) is 26.8 Å². The second-order valence-corrected chi connectivity index (χ2v) is 8.95. The van der Waals surface area contributed by atoms with Gasteiger partial charge in [0.05, 0.1) is 11.5 Å². The minimum absolute atomic E-state index is 0.0338. The molecule has 0 aromatic heterocycles. The molecule has 4 aliphatic carbocycles. The Hall–Kier alpha value is -1.49. The van der Waals surface area contributed by atoms with Gasteiger partial charge < -0.3 is 9.47 Å². The van der Waals surface area contributed by atoms with Crippen LogP contribution < -0.4 is 0 Å². The molecule has 5 heteroatoms. The molecule has 3 unspecified atom stereocenters. The average molecular weight is 330 g/mol. The summed E-state index contributed by atoms with van der Waals surface area (Å²) in [5.41, 5.74) is -3.80. The fourth-order valence-electron chi connectivity index (χ4n) is 6.60. The van der Waals surface area contributed by atoms with Crippen LogP contribution in [0.1, 0.15) is 40.0 Å². The molecule has 0 N–H and O–H groups in total. The first-order valence-corrected chi connectivity index (χ1v) is 8.86. The summed E-state index contributed by atoms with van der Waals surface area (Å²) in [6.45, 7) is 5.92. The Bertz CT molecular complexity index is 736. The van der Waals surface area contributed by atoms with Gasteiger partial charge in [0.25, 0.3) is 0 Å². The van der Waals surface area contributed by atoms with Crippen molar-refractivity contribution in [3.8, 4) is 0 Å². The maximum Gasteiger partial charge on any atom is 0.339 e. The summed E-state index contributed by atoms with van der Waals surface area (Å²) in [5.74, 6) is -0.492. The number of hydrogen-bond donors (Lipinski definition) is 0. The maximum absolute atomic E-state index is 13.5. The van der Waals surface area contributed by atoms with Gasteiger partial charge in [-0.05, 0) is 31.3 Å². The van der Waals surface area contributed by atoms with Gasteiger partial charge in [-0.25, -0.2) is 4.79 Å². The van der Waals surface area contributed by atoms with Crippen molar-refractivity contribution in [3.05, 3.63) is 12.2 Å². The highest BCUT2D eigenvalue weighted by atomic mass is 16.6. The van der Waals surface area contributed by atoms with Crippen LogP contribution in [0.5, 0.6) is 0 Å². The van der Waals surface area contributed by atoms with E-state index in [1.807, 2.05) is 26.8 Å². The molecule has 2 heterocycles. The number of ketones is 2. The molecule has 128 valence electrons. The van der Waals surface area contributed by atoms with Crippen LogP contribution in [-0.2, 0) is 23.9 Å². The molecule has 2 aliphatic heterocycles. The third-order valence-electron chi connectivity index (χ3n) is 7.74. The number of allylic oxidation sites excluding steroid dienone is 1. The van der Waals surface area contributed by atoms with Crippen LogP contribution in [0.3, 0.4) is 0 Å². The molecule has 5 nitrogen and oxygen atoms in total. The number of rotatable bonds is 0. The molecule has 0 aromatic carbocycles. The average Bonchev–Trinajstić information content (AvgIpc) is 2.76. The van der Waals surface area contributed by atoms with Crippen LogP contribution in [0.15, 0.2) is 12.2 Å². The Labute approximate surface area is 140 Å². The summed E-state index contributed by atoms with van der Waals surface area (Å²) in [6.07, 6.45) is 4.88. The Morgan fingerprint density at radius 3 is 2.71 bits per heavy atom. The third-order valence-corrected chi connectivity index (χ3v) is 7.74. The molecule has 5 fully saturated rings. The molecule has 4 bridgehead atoms. The molecule has 6 atom stereocenters. The summed E-state index contributed by atoms with van der Waals surface area (Å²) >= 11 is 0. The second-order valence-electron chi connectivity index (χ2n) is 8.95. The standard InChI is InChI=1S/C19H22O5/c1-10-11-4-7-18(13(10)21)17-9-23-15(22)19(18,8-11)24-14(17)16(2,3)6-5-12(17)20/h5-6,10-11,14H,4,7-9H2,1-3H3/t10-,11?,14+,17?,18?,19-/m0/s1. The lowest BCUT2D eigenvalue weighted by Crippen LogP contribution is -2.75. The first-order valence-electron chi connectivity index (χ1n) is 8.86. The van der Waals surface area contributed by atoms with E-state index in [2.05, 4.69) is 0 Å². The zero-order chi connectivity index (χ0) is 17.1. The Balaban J connectivity index is 1.87. The van der Waals surface area contributed by atoms with Crippen molar-refractivity contribution >= 4 is 17.5 Å². The molecular formula is C19H22O5. The summed E-state index contributed by atoms with van der Waals surface area (Å²) in [5, 5.41) is 0. The van der Waals surface area contributed by atoms with Crippen LogP contribution >= 0.6 is 0 Å². The van der Waals surface area contributed by atoms with Crippen molar-refractivity contribution in [2.75, 3.05) is 6.61 Å². The largest absolute Gasteiger partial charge is 0.462 e. The number of ether oxygens (including phenoxy) is 2. The fraction of sp³-hybridized carbons (Fsp3) is 0.737. The lowest BCUT2D eigenvalue weighted by molar-refractivity contribution is -0.222. The Morgan fingerprint density at radius 2 is 1.96 bits per heavy atom. The number of esters is 1. The lowest BCUT2D eigenvalue weighted by atomic mass is 9.38. The van der Waals surface area contributed by atoms with E-state index in [0.29, 0.717) is 12.8 Å². The van der Waals surface area contributed by atoms with Gasteiger partial charge in [-0.3, -0.25) is 9.59 Å². The Morgan fingerprint density at radius 1 is 1.21 bits per heavy atom. The third kappa shape index (κ3) is 1.15. The van der Waals surface area contributed by atoms with Gasteiger partial charge >= 0.3 is 5.97 Å². The first-order chi connectivity index (χ1) is 11.2. The number of carbonyl (C=O) groups is 3. The maximum atomic E-state index is 13.5. The topological polar surface area (TPSA) is 69.7 Å². The number of fused-ring (bicyclic) bond motifs is 2. The smallest absolute Gasteiger partial charge is 0.339 e.